The van der Waals surface area contributed by atoms with Gasteiger partial charge in [-0.3, -0.25) is 19.3 Å². The van der Waals surface area contributed by atoms with Crippen molar-refractivity contribution in [3.63, 3.8) is 0 Å². The summed E-state index contributed by atoms with van der Waals surface area (Å²) >= 11 is 0. The van der Waals surface area contributed by atoms with E-state index < -0.39 is 28.6 Å². The van der Waals surface area contributed by atoms with Crippen LogP contribution >= 0.6 is 0 Å². The number of halogens is 1. The van der Waals surface area contributed by atoms with Crippen molar-refractivity contribution >= 4 is 29.7 Å². The molecule has 0 aliphatic heterocycles. The fraction of sp³-hybridized carbons (Fsp3) is 0.756. The van der Waals surface area contributed by atoms with E-state index in [9.17, 15) is 23.9 Å². The number of carbonyl (C=O) groups excluding carboxylic acids is 2. The molecule has 0 radical (unpaired) electrons. The van der Waals surface area contributed by atoms with Gasteiger partial charge in [-0.05, 0) is 130 Å². The molecular weight excluding hydrogens is 740 g/mol. The number of hydrogen-bond donors (Lipinski definition) is 1. The van der Waals surface area contributed by atoms with Gasteiger partial charge in [0.05, 0.1) is 29.6 Å². The molecular formula is C45H65FN6O6. The van der Waals surface area contributed by atoms with Gasteiger partial charge >= 0.3 is 18.0 Å². The van der Waals surface area contributed by atoms with Gasteiger partial charge in [-0.2, -0.15) is 0 Å². The summed E-state index contributed by atoms with van der Waals surface area (Å²) in [6.45, 7) is 20.5. The molecule has 0 bridgehead atoms. The number of esters is 1. The average Bonchev–Trinajstić information content (AvgIpc) is 3.74. The van der Waals surface area contributed by atoms with Crippen molar-refractivity contribution in [2.75, 3.05) is 32.1 Å². The molecule has 13 heteroatoms. The molecule has 0 amide bonds. The number of ketones is 1. The fourth-order valence-corrected chi connectivity index (χ4v) is 13.2. The van der Waals surface area contributed by atoms with Crippen molar-refractivity contribution in [1.82, 2.24) is 25.1 Å². The topological polar surface area (TPSA) is 152 Å². The fourth-order valence-electron chi connectivity index (χ4n) is 13.2. The van der Waals surface area contributed by atoms with Gasteiger partial charge in [0.25, 0.3) is 0 Å². The van der Waals surface area contributed by atoms with E-state index in [2.05, 4.69) is 63.5 Å². The largest absolute Gasteiger partial charge is 0.481 e. The minimum Gasteiger partial charge on any atom is -0.481 e. The van der Waals surface area contributed by atoms with Crippen molar-refractivity contribution in [1.29, 1.82) is 0 Å². The Morgan fingerprint density at radius 3 is 2.28 bits per heavy atom. The molecule has 2 aromatic heterocycles. The van der Waals surface area contributed by atoms with Gasteiger partial charge in [0.1, 0.15) is 6.10 Å². The molecule has 2 heterocycles. The van der Waals surface area contributed by atoms with E-state index in [-0.39, 0.29) is 63.8 Å². The lowest BCUT2D eigenvalue weighted by molar-refractivity contribution is -0.232. The zero-order valence-electron chi connectivity index (χ0n) is 36.6. The Kier molecular flexibility index (Phi) is 10.6. The monoisotopic (exact) mass is 804 g/mol. The summed E-state index contributed by atoms with van der Waals surface area (Å²) in [5, 5.41) is 18.9. The minimum atomic E-state index is -1.19. The number of carboxylic acid groups (broad SMARTS) is 1. The summed E-state index contributed by atoms with van der Waals surface area (Å²) < 4.78 is 26.7. The highest BCUT2D eigenvalue weighted by Crippen LogP contribution is 2.76. The summed E-state index contributed by atoms with van der Waals surface area (Å²) in [7, 11) is 3.93. The van der Waals surface area contributed by atoms with Gasteiger partial charge in [-0.15, -0.1) is 5.10 Å². The third-order valence-corrected chi connectivity index (χ3v) is 16.5. The summed E-state index contributed by atoms with van der Waals surface area (Å²) in [5.41, 5.74) is -0.116. The molecule has 0 unspecified atom stereocenters. The highest BCUT2D eigenvalue weighted by atomic mass is 19.1. The second-order valence-electron chi connectivity index (χ2n) is 21.0. The number of allylic oxidation sites excluding steroid dienone is 2. The van der Waals surface area contributed by atoms with E-state index in [0.29, 0.717) is 37.2 Å². The second kappa shape index (κ2) is 14.5. The van der Waals surface area contributed by atoms with E-state index in [0.717, 1.165) is 69.3 Å². The van der Waals surface area contributed by atoms with Crippen LogP contribution in [-0.4, -0.2) is 81.2 Å². The van der Waals surface area contributed by atoms with Crippen molar-refractivity contribution in [3.05, 3.63) is 35.2 Å². The number of aliphatic carboxylic acids is 1. The summed E-state index contributed by atoms with van der Waals surface area (Å²) in [5.74, 6) is -0.111. The Hall–Kier alpha value is -3.74. The van der Waals surface area contributed by atoms with Crippen LogP contribution in [0.4, 0.5) is 16.4 Å². The third kappa shape index (κ3) is 6.51. The molecule has 12 nitrogen and oxygen atoms in total. The number of rotatable bonds is 11. The van der Waals surface area contributed by atoms with Crippen LogP contribution in [-0.2, 0) is 24.5 Å². The summed E-state index contributed by atoms with van der Waals surface area (Å²) in [4.78, 5) is 51.5. The van der Waals surface area contributed by atoms with Gasteiger partial charge in [0.2, 0.25) is 11.8 Å². The Balaban J connectivity index is 1.21. The number of carbonyl (C=O) groups is 3. The predicted molar refractivity (Wildman–Crippen MR) is 216 cm³/mol. The zero-order chi connectivity index (χ0) is 42.4. The third-order valence-electron chi connectivity index (χ3n) is 16.5. The highest BCUT2D eigenvalue weighted by molar-refractivity contribution is 6.01. The standard InChI is InChI=1S/C45H65FN6O6/c1-26(2)34-29(53)22-45(36-49-50-39(58-36)52(21-20-51(10)11)38-47-24-27(46)25-48-38)19-18-43(8)28(35(34)45)12-13-31-42(7)16-15-32(57-33(54)23-40(3,4)37(55)56)41(5,6)30(42)14-17-44(31,43)9/h24-26,28,30-32H,12-23H2,1-11H3,(H,55,56)/t28-,30+,31-,32+,42+,43-,44-,45-/m1/s1. The maximum Gasteiger partial charge on any atom is 0.325 e. The van der Waals surface area contributed by atoms with Crippen LogP contribution in [0.1, 0.15) is 132 Å². The van der Waals surface area contributed by atoms with E-state index in [1.807, 2.05) is 19.0 Å². The Morgan fingerprint density at radius 2 is 1.64 bits per heavy atom. The Morgan fingerprint density at radius 1 is 0.948 bits per heavy atom. The van der Waals surface area contributed by atoms with Gasteiger partial charge in [0.15, 0.2) is 11.6 Å². The molecule has 4 fully saturated rings. The van der Waals surface area contributed by atoms with Crippen LogP contribution in [0.3, 0.4) is 0 Å². The molecule has 1 N–H and O–H groups in total. The van der Waals surface area contributed by atoms with E-state index in [1.54, 1.807) is 18.7 Å². The van der Waals surface area contributed by atoms with Crippen molar-refractivity contribution in [3.8, 4) is 0 Å². The van der Waals surface area contributed by atoms with Crippen LogP contribution in [0, 0.1) is 56.6 Å². The summed E-state index contributed by atoms with van der Waals surface area (Å²) in [6.07, 6.45) is 9.52. The predicted octanol–water partition coefficient (Wildman–Crippen LogP) is 8.34. The van der Waals surface area contributed by atoms with Crippen molar-refractivity contribution < 1.29 is 33.0 Å². The maximum atomic E-state index is 14.3. The number of likely N-dealkylation sites (N-methyl/N-ethyl adjacent to an activating group) is 1. The smallest absolute Gasteiger partial charge is 0.325 e. The van der Waals surface area contributed by atoms with Crippen LogP contribution < -0.4 is 4.90 Å². The molecule has 2 aromatic rings. The van der Waals surface area contributed by atoms with Gasteiger partial charge in [-0.25, -0.2) is 14.4 Å². The SMILES string of the molecule is CC(C)C1=C2[C@H]3CC[C@@H]4[C@@]5(C)CC[C@H](OC(=O)CC(C)(C)C(=O)O)C(C)(C)[C@@H]5CC[C@@]4(C)[C@]3(C)CC[C@@]2(c2nnc(N(CCN(C)C)c3ncc(F)cn3)o2)CC1=O. The molecule has 58 heavy (non-hydrogen) atoms. The molecule has 318 valence electrons. The lowest BCUT2D eigenvalue weighted by Gasteiger charge is -2.72. The molecule has 0 spiro atoms. The molecule has 0 saturated heterocycles. The van der Waals surface area contributed by atoms with Crippen molar-refractivity contribution in [2.45, 2.75) is 138 Å². The van der Waals surface area contributed by atoms with Crippen LogP contribution in [0.2, 0.25) is 0 Å². The number of ether oxygens (including phenoxy) is 1. The first-order valence-corrected chi connectivity index (χ1v) is 21.5. The summed E-state index contributed by atoms with van der Waals surface area (Å²) in [6, 6.07) is 0.229. The van der Waals surface area contributed by atoms with Gasteiger partial charge in [-0.1, -0.05) is 53.6 Å². The number of nitrogens with zero attached hydrogens (tertiary/aromatic N) is 6. The first-order valence-electron chi connectivity index (χ1n) is 21.5. The van der Waals surface area contributed by atoms with Crippen LogP contribution in [0.25, 0.3) is 0 Å². The average molecular weight is 805 g/mol. The lowest BCUT2D eigenvalue weighted by Crippen LogP contribution is -2.66. The molecule has 4 saturated carbocycles. The van der Waals surface area contributed by atoms with E-state index >= 15 is 0 Å². The van der Waals surface area contributed by atoms with Gasteiger partial charge < -0.3 is 19.2 Å². The lowest BCUT2D eigenvalue weighted by atomic mass is 9.33. The maximum absolute atomic E-state index is 14.3. The van der Waals surface area contributed by atoms with E-state index in [4.69, 9.17) is 14.3 Å². The molecule has 5 aliphatic rings. The molecule has 5 aliphatic carbocycles. The molecule has 7 rings (SSSR count). The second-order valence-corrected chi connectivity index (χ2v) is 21.0. The number of Topliss-reactive ketones (excluding diaryl/α,β-unsaturated/α-hetero) is 1. The highest BCUT2D eigenvalue weighted by Gasteiger charge is 2.71. The van der Waals surface area contributed by atoms with Crippen LogP contribution in [0.5, 0.6) is 0 Å². The number of fused-ring (bicyclic) bond motifs is 7. The number of carboxylic acids is 1. The quantitative estimate of drug-likeness (QED) is 0.217. The number of hydrogen-bond acceptors (Lipinski definition) is 11. The Bertz CT molecular complexity index is 1980. The zero-order valence-corrected chi connectivity index (χ0v) is 36.6. The Labute approximate surface area is 343 Å². The number of anilines is 2. The van der Waals surface area contributed by atoms with Crippen molar-refractivity contribution in [2.24, 2.45) is 50.7 Å². The van der Waals surface area contributed by atoms with Gasteiger partial charge in [0, 0.05) is 24.9 Å². The minimum absolute atomic E-state index is 0.0118. The van der Waals surface area contributed by atoms with E-state index in [1.165, 1.54) is 5.57 Å². The first kappa shape index (κ1) is 42.4. The first-order chi connectivity index (χ1) is 27.0. The normalized spacial score (nSPS) is 34.3. The molecule has 0 aromatic carbocycles. The molecule has 8 atom stereocenters. The van der Waals surface area contributed by atoms with Crippen LogP contribution in [0.15, 0.2) is 28.0 Å². The number of aromatic nitrogens is 4.